The molecule has 0 bridgehead atoms. The number of nitrogens with zero attached hydrogens (tertiary/aromatic N) is 7. The average molecular weight is 392 g/mol. The van der Waals surface area contributed by atoms with E-state index in [1.165, 1.54) is 0 Å². The van der Waals surface area contributed by atoms with Crippen molar-refractivity contribution >= 4 is 23.2 Å². The average Bonchev–Trinajstić information content (AvgIpc) is 2.79. The molecule has 4 rings (SSSR count). The maximum absolute atomic E-state index is 12.3. The van der Waals surface area contributed by atoms with E-state index in [0.29, 0.717) is 32.0 Å². The van der Waals surface area contributed by atoms with Gasteiger partial charge in [0, 0.05) is 44.8 Å². The molecule has 1 N–H and O–H groups in total. The van der Waals surface area contributed by atoms with Gasteiger partial charge in [-0.15, -0.1) is 10.2 Å². The number of carbonyl (C=O) groups is 1. The largest absolute Gasteiger partial charge is 0.453 e. The summed E-state index contributed by atoms with van der Waals surface area (Å²) in [5, 5.41) is 11.7. The zero-order valence-electron chi connectivity index (χ0n) is 15.7. The Morgan fingerprint density at radius 2 is 1.83 bits per heavy atom. The minimum Gasteiger partial charge on any atom is -0.453 e. The maximum atomic E-state index is 12.3. The summed E-state index contributed by atoms with van der Waals surface area (Å²) < 4.78 is 5.33. The van der Waals surface area contributed by atoms with Gasteiger partial charge in [0.05, 0.1) is 11.9 Å². The SMILES string of the molecule is O=C(COc1ncccn1)N1CCN(c2ccc(Nc3cccnc3)nn2)CC1. The lowest BCUT2D eigenvalue weighted by Crippen LogP contribution is -2.50. The van der Waals surface area contributed by atoms with Crippen LogP contribution in [0.2, 0.25) is 0 Å². The van der Waals surface area contributed by atoms with Crippen molar-refractivity contribution in [2.75, 3.05) is 43.0 Å². The van der Waals surface area contributed by atoms with Crippen molar-refractivity contribution in [1.29, 1.82) is 0 Å². The van der Waals surface area contributed by atoms with Crippen molar-refractivity contribution in [3.8, 4) is 6.01 Å². The van der Waals surface area contributed by atoms with Crippen LogP contribution in [-0.4, -0.2) is 68.7 Å². The van der Waals surface area contributed by atoms with Crippen molar-refractivity contribution in [1.82, 2.24) is 30.0 Å². The molecule has 0 aliphatic carbocycles. The lowest BCUT2D eigenvalue weighted by molar-refractivity contribution is -0.133. The normalized spacial score (nSPS) is 13.8. The molecule has 0 atom stereocenters. The Bertz CT molecular complexity index is 916. The third-order valence-electron chi connectivity index (χ3n) is 4.41. The molecule has 1 amide bonds. The number of amides is 1. The molecular weight excluding hydrogens is 372 g/mol. The first-order chi connectivity index (χ1) is 14.3. The topological polar surface area (TPSA) is 109 Å². The highest BCUT2D eigenvalue weighted by Gasteiger charge is 2.22. The number of ether oxygens (including phenoxy) is 1. The van der Waals surface area contributed by atoms with Crippen LogP contribution in [0.15, 0.2) is 55.1 Å². The highest BCUT2D eigenvalue weighted by Crippen LogP contribution is 2.17. The predicted molar refractivity (Wildman–Crippen MR) is 106 cm³/mol. The molecular formula is C19H20N8O2. The molecule has 0 radical (unpaired) electrons. The van der Waals surface area contributed by atoms with Gasteiger partial charge in [-0.05, 0) is 30.3 Å². The van der Waals surface area contributed by atoms with Gasteiger partial charge in [0.2, 0.25) is 0 Å². The molecule has 1 aliphatic rings. The van der Waals surface area contributed by atoms with Crippen molar-refractivity contribution in [2.45, 2.75) is 0 Å². The molecule has 148 valence electrons. The van der Waals surface area contributed by atoms with Crippen LogP contribution in [0.1, 0.15) is 0 Å². The Morgan fingerprint density at radius 3 is 2.52 bits per heavy atom. The van der Waals surface area contributed by atoms with Gasteiger partial charge < -0.3 is 19.9 Å². The number of aromatic nitrogens is 5. The molecule has 0 saturated carbocycles. The first kappa shape index (κ1) is 18.5. The predicted octanol–water partition coefficient (Wildman–Crippen LogP) is 1.13. The van der Waals surface area contributed by atoms with Crippen LogP contribution in [0.25, 0.3) is 0 Å². The number of nitrogens with one attached hydrogen (secondary N) is 1. The van der Waals surface area contributed by atoms with Gasteiger partial charge in [-0.3, -0.25) is 9.78 Å². The molecule has 29 heavy (non-hydrogen) atoms. The van der Waals surface area contributed by atoms with Crippen molar-refractivity contribution in [3.05, 3.63) is 55.1 Å². The van der Waals surface area contributed by atoms with Crippen LogP contribution in [0.5, 0.6) is 6.01 Å². The number of hydrogen-bond acceptors (Lipinski definition) is 9. The second-order valence-electron chi connectivity index (χ2n) is 6.33. The number of rotatable bonds is 6. The molecule has 1 saturated heterocycles. The summed E-state index contributed by atoms with van der Waals surface area (Å²) in [6.45, 7) is 2.47. The molecule has 1 fully saturated rings. The second kappa shape index (κ2) is 8.91. The van der Waals surface area contributed by atoms with E-state index in [-0.39, 0.29) is 18.5 Å². The molecule has 10 nitrogen and oxygen atoms in total. The Kier molecular flexibility index (Phi) is 5.70. The van der Waals surface area contributed by atoms with Gasteiger partial charge in [-0.25, -0.2) is 9.97 Å². The third kappa shape index (κ3) is 4.92. The molecule has 3 aromatic rings. The molecule has 0 spiro atoms. The molecule has 0 unspecified atom stereocenters. The van der Waals surface area contributed by atoms with Gasteiger partial charge in [0.15, 0.2) is 18.2 Å². The van der Waals surface area contributed by atoms with Gasteiger partial charge in [0.25, 0.3) is 5.91 Å². The van der Waals surface area contributed by atoms with Gasteiger partial charge in [0.1, 0.15) is 0 Å². The van der Waals surface area contributed by atoms with E-state index in [1.807, 2.05) is 24.3 Å². The number of carbonyl (C=O) groups excluding carboxylic acids is 1. The highest BCUT2D eigenvalue weighted by atomic mass is 16.5. The zero-order chi connectivity index (χ0) is 19.9. The van der Waals surface area contributed by atoms with Crippen LogP contribution >= 0.6 is 0 Å². The van der Waals surface area contributed by atoms with Gasteiger partial charge in [-0.1, -0.05) is 0 Å². The summed E-state index contributed by atoms with van der Waals surface area (Å²) in [5.74, 6) is 1.35. The van der Waals surface area contributed by atoms with E-state index in [4.69, 9.17) is 4.74 Å². The lowest BCUT2D eigenvalue weighted by Gasteiger charge is -2.35. The van der Waals surface area contributed by atoms with Crippen LogP contribution < -0.4 is 15.0 Å². The Morgan fingerprint density at radius 1 is 1.00 bits per heavy atom. The molecule has 10 heteroatoms. The van der Waals surface area contributed by atoms with Crippen molar-refractivity contribution < 1.29 is 9.53 Å². The summed E-state index contributed by atoms with van der Waals surface area (Å²) >= 11 is 0. The first-order valence-electron chi connectivity index (χ1n) is 9.21. The lowest BCUT2D eigenvalue weighted by atomic mass is 10.3. The minimum absolute atomic E-state index is 0.0709. The molecule has 3 aromatic heterocycles. The molecule has 4 heterocycles. The van der Waals surface area contributed by atoms with E-state index in [0.717, 1.165) is 11.5 Å². The summed E-state index contributed by atoms with van der Waals surface area (Å²) in [6.07, 6.45) is 6.58. The number of piperazine rings is 1. The van der Waals surface area contributed by atoms with Gasteiger partial charge in [-0.2, -0.15) is 0 Å². The first-order valence-corrected chi connectivity index (χ1v) is 9.21. The van der Waals surface area contributed by atoms with E-state index in [2.05, 4.69) is 35.4 Å². The Balaban J connectivity index is 1.26. The fraction of sp³-hybridized carbons (Fsp3) is 0.263. The van der Waals surface area contributed by atoms with Crippen molar-refractivity contribution in [2.24, 2.45) is 0 Å². The standard InChI is InChI=1S/C19H20N8O2/c28-18(14-29-19-21-7-2-8-22-19)27-11-9-26(10-12-27)17-5-4-16(24-25-17)23-15-3-1-6-20-13-15/h1-8,13H,9-12,14H2,(H,23,24). The number of hydrogen-bond donors (Lipinski definition) is 1. The van der Waals surface area contributed by atoms with Crippen LogP contribution in [0.3, 0.4) is 0 Å². The second-order valence-corrected chi connectivity index (χ2v) is 6.33. The van der Waals surface area contributed by atoms with E-state index >= 15 is 0 Å². The number of anilines is 3. The summed E-state index contributed by atoms with van der Waals surface area (Å²) in [7, 11) is 0. The van der Waals surface area contributed by atoms with E-state index < -0.39 is 0 Å². The fourth-order valence-corrected chi connectivity index (χ4v) is 2.91. The fourth-order valence-electron chi connectivity index (χ4n) is 2.91. The zero-order valence-corrected chi connectivity index (χ0v) is 15.7. The Labute approximate surface area is 167 Å². The minimum atomic E-state index is -0.0841. The van der Waals surface area contributed by atoms with Crippen LogP contribution in [0.4, 0.5) is 17.3 Å². The van der Waals surface area contributed by atoms with E-state index in [1.54, 1.807) is 35.8 Å². The van der Waals surface area contributed by atoms with E-state index in [9.17, 15) is 4.79 Å². The van der Waals surface area contributed by atoms with Crippen LogP contribution in [0, 0.1) is 0 Å². The quantitative estimate of drug-likeness (QED) is 0.660. The van der Waals surface area contributed by atoms with Crippen LogP contribution in [-0.2, 0) is 4.79 Å². The summed E-state index contributed by atoms with van der Waals surface area (Å²) in [6, 6.07) is 9.45. The molecule has 1 aliphatic heterocycles. The smallest absolute Gasteiger partial charge is 0.316 e. The maximum Gasteiger partial charge on any atom is 0.316 e. The molecule has 0 aromatic carbocycles. The van der Waals surface area contributed by atoms with Gasteiger partial charge >= 0.3 is 6.01 Å². The Hall–Kier alpha value is -3.82. The monoisotopic (exact) mass is 392 g/mol. The third-order valence-corrected chi connectivity index (χ3v) is 4.41. The highest BCUT2D eigenvalue weighted by molar-refractivity contribution is 5.78. The summed E-state index contributed by atoms with van der Waals surface area (Å²) in [5.41, 5.74) is 0.852. The summed E-state index contributed by atoms with van der Waals surface area (Å²) in [4.78, 5) is 28.1. The number of pyridine rings is 1. The van der Waals surface area contributed by atoms with Crippen molar-refractivity contribution in [3.63, 3.8) is 0 Å².